The van der Waals surface area contributed by atoms with Gasteiger partial charge >= 0.3 is 0 Å². The van der Waals surface area contributed by atoms with Gasteiger partial charge in [-0.1, -0.05) is 27.2 Å². The van der Waals surface area contributed by atoms with Crippen molar-refractivity contribution in [3.05, 3.63) is 0 Å². The zero-order valence-corrected chi connectivity index (χ0v) is 14.4. The van der Waals surface area contributed by atoms with E-state index in [9.17, 15) is 8.42 Å². The predicted octanol–water partition coefficient (Wildman–Crippen LogP) is 1.69. The van der Waals surface area contributed by atoms with E-state index in [-0.39, 0.29) is 18.4 Å². The second-order valence-electron chi connectivity index (χ2n) is 5.20. The van der Waals surface area contributed by atoms with Crippen LogP contribution in [-0.2, 0) is 10.2 Å². The van der Waals surface area contributed by atoms with Gasteiger partial charge in [-0.25, -0.2) is 0 Å². The van der Waals surface area contributed by atoms with Crippen LogP contribution in [0.1, 0.15) is 40.0 Å². The first kappa shape index (κ1) is 21.4. The normalized spacial score (nSPS) is 13.9. The zero-order valence-electron chi connectivity index (χ0n) is 12.8. The van der Waals surface area contributed by atoms with Crippen molar-refractivity contribution in [1.82, 2.24) is 8.61 Å². The molecule has 0 bridgehead atoms. The molecule has 0 radical (unpaired) electrons. The molecule has 2 N–H and O–H groups in total. The molecule has 0 aromatic carbocycles. The Morgan fingerprint density at radius 2 is 1.58 bits per heavy atom. The van der Waals surface area contributed by atoms with Gasteiger partial charge in [0, 0.05) is 33.2 Å². The largest absolute Gasteiger partial charge is 0.327 e. The fourth-order valence-electron chi connectivity index (χ4n) is 1.51. The van der Waals surface area contributed by atoms with Crippen LogP contribution >= 0.6 is 12.4 Å². The molecule has 0 heterocycles. The summed E-state index contributed by atoms with van der Waals surface area (Å²) in [4.78, 5) is 0. The lowest BCUT2D eigenvalue weighted by atomic mass is 10.0. The Balaban J connectivity index is 0. The summed E-state index contributed by atoms with van der Waals surface area (Å²) in [6, 6.07) is 0.0450. The SMILES string of the molecule is CCCCN(C)S(=O)(=O)N(C)CCC(N)C(C)C.Cl. The minimum Gasteiger partial charge on any atom is -0.327 e. The quantitative estimate of drug-likeness (QED) is 0.704. The average Bonchev–Trinajstić information content (AvgIpc) is 2.31. The van der Waals surface area contributed by atoms with Gasteiger partial charge in [0.1, 0.15) is 0 Å². The minimum atomic E-state index is -3.32. The number of halogens is 1. The average molecular weight is 316 g/mol. The molecule has 1 atom stereocenters. The van der Waals surface area contributed by atoms with Crippen LogP contribution in [0.25, 0.3) is 0 Å². The first-order chi connectivity index (χ1) is 8.23. The lowest BCUT2D eigenvalue weighted by Crippen LogP contribution is -2.42. The van der Waals surface area contributed by atoms with Gasteiger partial charge in [-0.2, -0.15) is 17.0 Å². The fourth-order valence-corrected chi connectivity index (χ4v) is 2.69. The number of hydrogen-bond donors (Lipinski definition) is 1. The van der Waals surface area contributed by atoms with E-state index in [2.05, 4.69) is 0 Å². The molecule has 0 saturated heterocycles. The van der Waals surface area contributed by atoms with Crippen molar-refractivity contribution in [2.75, 3.05) is 27.2 Å². The standard InChI is InChI=1S/C12H29N3O2S.ClH/c1-6-7-9-14(4)18(16,17)15(5)10-8-12(13)11(2)3;/h11-12H,6-10,13H2,1-5H3;1H. The molecule has 0 aliphatic rings. The summed E-state index contributed by atoms with van der Waals surface area (Å²) in [5.41, 5.74) is 5.93. The summed E-state index contributed by atoms with van der Waals surface area (Å²) in [6.07, 6.45) is 2.56. The van der Waals surface area contributed by atoms with Gasteiger partial charge in [0.15, 0.2) is 0 Å². The van der Waals surface area contributed by atoms with Crippen LogP contribution in [0.5, 0.6) is 0 Å². The molecule has 1 unspecified atom stereocenters. The van der Waals surface area contributed by atoms with Crippen LogP contribution in [0.4, 0.5) is 0 Å². The van der Waals surface area contributed by atoms with E-state index in [0.717, 1.165) is 12.8 Å². The summed E-state index contributed by atoms with van der Waals surface area (Å²) in [5, 5.41) is 0. The van der Waals surface area contributed by atoms with E-state index >= 15 is 0 Å². The smallest absolute Gasteiger partial charge is 0.281 e. The maximum Gasteiger partial charge on any atom is 0.281 e. The van der Waals surface area contributed by atoms with E-state index in [1.807, 2.05) is 20.8 Å². The van der Waals surface area contributed by atoms with Crippen LogP contribution in [0.15, 0.2) is 0 Å². The number of hydrogen-bond acceptors (Lipinski definition) is 3. The van der Waals surface area contributed by atoms with Crippen molar-refractivity contribution in [2.45, 2.75) is 46.1 Å². The molecule has 0 rings (SSSR count). The molecule has 0 amide bonds. The Hall–Kier alpha value is 0.120. The van der Waals surface area contributed by atoms with Crippen LogP contribution in [0, 0.1) is 5.92 Å². The molecular weight excluding hydrogens is 286 g/mol. The van der Waals surface area contributed by atoms with Gasteiger partial charge in [0.2, 0.25) is 0 Å². The van der Waals surface area contributed by atoms with Crippen molar-refractivity contribution in [3.63, 3.8) is 0 Å². The van der Waals surface area contributed by atoms with Crippen molar-refractivity contribution in [1.29, 1.82) is 0 Å². The van der Waals surface area contributed by atoms with E-state index < -0.39 is 10.2 Å². The van der Waals surface area contributed by atoms with E-state index in [4.69, 9.17) is 5.73 Å². The third-order valence-corrected chi connectivity index (χ3v) is 5.19. The van der Waals surface area contributed by atoms with E-state index in [1.54, 1.807) is 14.1 Å². The summed E-state index contributed by atoms with van der Waals surface area (Å²) >= 11 is 0. The third kappa shape index (κ3) is 7.46. The Morgan fingerprint density at radius 3 is 2.00 bits per heavy atom. The van der Waals surface area contributed by atoms with Crippen LogP contribution in [-0.4, -0.2) is 50.3 Å². The maximum atomic E-state index is 12.1. The maximum absolute atomic E-state index is 12.1. The Bertz CT molecular complexity index is 323. The zero-order chi connectivity index (χ0) is 14.3. The van der Waals surface area contributed by atoms with E-state index in [1.165, 1.54) is 8.61 Å². The number of nitrogens with two attached hydrogens (primary N) is 1. The Kier molecular flexibility index (Phi) is 11.2. The number of rotatable bonds is 9. The fraction of sp³-hybridized carbons (Fsp3) is 1.00. The summed E-state index contributed by atoms with van der Waals surface area (Å²) in [6.45, 7) is 7.18. The van der Waals surface area contributed by atoms with Gasteiger partial charge in [0.25, 0.3) is 10.2 Å². The van der Waals surface area contributed by atoms with Crippen molar-refractivity contribution in [3.8, 4) is 0 Å². The molecule has 0 saturated carbocycles. The summed E-state index contributed by atoms with van der Waals surface area (Å²) < 4.78 is 27.1. The second-order valence-corrected chi connectivity index (χ2v) is 7.34. The van der Waals surface area contributed by atoms with Crippen LogP contribution < -0.4 is 5.73 Å². The Morgan fingerprint density at radius 1 is 1.11 bits per heavy atom. The molecule has 0 aromatic heterocycles. The third-order valence-electron chi connectivity index (χ3n) is 3.25. The van der Waals surface area contributed by atoms with Gasteiger partial charge in [-0.15, -0.1) is 12.4 Å². The molecule has 19 heavy (non-hydrogen) atoms. The molecular formula is C12H30ClN3O2S. The Labute approximate surface area is 125 Å². The topological polar surface area (TPSA) is 66.6 Å². The summed E-state index contributed by atoms with van der Waals surface area (Å²) in [5.74, 6) is 0.374. The predicted molar refractivity (Wildman–Crippen MR) is 83.8 cm³/mol. The molecule has 0 aliphatic carbocycles. The van der Waals surface area contributed by atoms with Crippen molar-refractivity contribution in [2.24, 2.45) is 11.7 Å². The lowest BCUT2D eigenvalue weighted by Gasteiger charge is -2.26. The minimum absolute atomic E-state index is 0. The molecule has 0 fully saturated rings. The molecule has 0 aliphatic heterocycles. The highest BCUT2D eigenvalue weighted by Gasteiger charge is 2.23. The summed E-state index contributed by atoms with van der Waals surface area (Å²) in [7, 11) is -0.0768. The van der Waals surface area contributed by atoms with Gasteiger partial charge in [-0.3, -0.25) is 0 Å². The molecule has 0 aromatic rings. The van der Waals surface area contributed by atoms with Crippen molar-refractivity contribution >= 4 is 22.6 Å². The first-order valence-electron chi connectivity index (χ1n) is 6.66. The molecule has 5 nitrogen and oxygen atoms in total. The highest BCUT2D eigenvalue weighted by Crippen LogP contribution is 2.09. The highest BCUT2D eigenvalue weighted by atomic mass is 35.5. The van der Waals surface area contributed by atoms with Gasteiger partial charge < -0.3 is 5.73 Å². The molecule has 118 valence electrons. The lowest BCUT2D eigenvalue weighted by molar-refractivity contribution is 0.361. The second kappa shape index (κ2) is 9.94. The monoisotopic (exact) mass is 315 g/mol. The number of nitrogens with zero attached hydrogens (tertiary/aromatic N) is 2. The molecule has 0 spiro atoms. The van der Waals surface area contributed by atoms with Crippen LogP contribution in [0.2, 0.25) is 0 Å². The molecule has 7 heteroatoms. The van der Waals surface area contributed by atoms with Gasteiger partial charge in [-0.05, 0) is 18.8 Å². The van der Waals surface area contributed by atoms with Gasteiger partial charge in [0.05, 0.1) is 0 Å². The van der Waals surface area contributed by atoms with Crippen molar-refractivity contribution < 1.29 is 8.42 Å². The first-order valence-corrected chi connectivity index (χ1v) is 8.06. The number of unbranched alkanes of at least 4 members (excludes halogenated alkanes) is 1. The van der Waals surface area contributed by atoms with E-state index in [0.29, 0.717) is 25.4 Å². The highest BCUT2D eigenvalue weighted by molar-refractivity contribution is 7.86. The van der Waals surface area contributed by atoms with Crippen LogP contribution in [0.3, 0.4) is 0 Å².